The largest absolute Gasteiger partial charge is 0.490 e. The highest BCUT2D eigenvalue weighted by atomic mass is 35.5. The van der Waals surface area contributed by atoms with E-state index in [0.29, 0.717) is 37.1 Å². The lowest BCUT2D eigenvalue weighted by atomic mass is 10.1. The molecule has 0 radical (unpaired) electrons. The van der Waals surface area contributed by atoms with Crippen molar-refractivity contribution >= 4 is 11.6 Å². The Bertz CT molecular complexity index is 557. The van der Waals surface area contributed by atoms with Crippen LogP contribution >= 0.6 is 11.6 Å². The summed E-state index contributed by atoms with van der Waals surface area (Å²) in [6, 6.07) is 5.68. The Labute approximate surface area is 123 Å². The first kappa shape index (κ1) is 14.8. The summed E-state index contributed by atoms with van der Waals surface area (Å²) in [6.45, 7) is 2.27. The maximum Gasteiger partial charge on any atom is 0.138 e. The number of benzene rings is 1. The summed E-state index contributed by atoms with van der Waals surface area (Å²) in [7, 11) is 1.63. The van der Waals surface area contributed by atoms with E-state index >= 15 is 0 Å². The van der Waals surface area contributed by atoms with E-state index in [9.17, 15) is 0 Å². The van der Waals surface area contributed by atoms with Gasteiger partial charge in [-0.1, -0.05) is 17.7 Å². The van der Waals surface area contributed by atoms with Gasteiger partial charge < -0.3 is 15.2 Å². The fourth-order valence-corrected chi connectivity index (χ4v) is 2.03. The molecule has 1 aromatic carbocycles. The Morgan fingerprint density at radius 2 is 2.15 bits per heavy atom. The summed E-state index contributed by atoms with van der Waals surface area (Å²) in [5, 5.41) is 4.82. The van der Waals surface area contributed by atoms with Gasteiger partial charge in [0.05, 0.1) is 24.4 Å². The predicted octanol–water partition coefficient (Wildman–Crippen LogP) is 2.19. The van der Waals surface area contributed by atoms with Crippen molar-refractivity contribution in [3.05, 3.63) is 35.6 Å². The summed E-state index contributed by atoms with van der Waals surface area (Å²) >= 11 is 6.21. The van der Waals surface area contributed by atoms with Crippen molar-refractivity contribution in [2.75, 3.05) is 26.9 Å². The number of ether oxygens (including phenoxy) is 2. The standard InChI is InChI=1S/C14H18ClN3O2/c1-19-6-7-20-14-3-2-11(8-13(14)15)12-9-17-18(10-12)5-4-16/h2-3,8-10H,4-7,16H2,1H3. The minimum atomic E-state index is 0.476. The lowest BCUT2D eigenvalue weighted by Crippen LogP contribution is -2.09. The highest BCUT2D eigenvalue weighted by molar-refractivity contribution is 6.32. The number of nitrogens with two attached hydrogens (primary N) is 1. The topological polar surface area (TPSA) is 62.3 Å². The van der Waals surface area contributed by atoms with Crippen LogP contribution in [-0.4, -0.2) is 36.6 Å². The van der Waals surface area contributed by atoms with Gasteiger partial charge in [-0.05, 0) is 17.7 Å². The zero-order valence-corrected chi connectivity index (χ0v) is 12.1. The van der Waals surface area contributed by atoms with Gasteiger partial charge in [-0.25, -0.2) is 0 Å². The van der Waals surface area contributed by atoms with E-state index in [4.69, 9.17) is 26.8 Å². The number of aromatic nitrogens is 2. The number of hydrogen-bond donors (Lipinski definition) is 1. The second-order valence-electron chi connectivity index (χ2n) is 4.27. The van der Waals surface area contributed by atoms with Crippen molar-refractivity contribution in [3.63, 3.8) is 0 Å². The smallest absolute Gasteiger partial charge is 0.138 e. The lowest BCUT2D eigenvalue weighted by Gasteiger charge is -2.08. The van der Waals surface area contributed by atoms with Crippen LogP contribution in [0.25, 0.3) is 11.1 Å². The number of nitrogens with zero attached hydrogens (tertiary/aromatic N) is 2. The van der Waals surface area contributed by atoms with Crippen molar-refractivity contribution < 1.29 is 9.47 Å². The van der Waals surface area contributed by atoms with Crippen molar-refractivity contribution in [1.82, 2.24) is 9.78 Å². The van der Waals surface area contributed by atoms with Gasteiger partial charge in [0.15, 0.2) is 0 Å². The van der Waals surface area contributed by atoms with Crippen LogP contribution in [0.5, 0.6) is 5.75 Å². The van der Waals surface area contributed by atoms with Crippen molar-refractivity contribution in [2.45, 2.75) is 6.54 Å². The van der Waals surface area contributed by atoms with Gasteiger partial charge in [0.25, 0.3) is 0 Å². The normalized spacial score (nSPS) is 10.8. The van der Waals surface area contributed by atoms with Crippen LogP contribution in [0.3, 0.4) is 0 Å². The molecule has 0 spiro atoms. The van der Waals surface area contributed by atoms with Crippen LogP contribution < -0.4 is 10.5 Å². The Morgan fingerprint density at radius 3 is 2.85 bits per heavy atom. The van der Waals surface area contributed by atoms with Gasteiger partial charge >= 0.3 is 0 Å². The number of methoxy groups -OCH3 is 1. The van der Waals surface area contributed by atoms with E-state index < -0.39 is 0 Å². The summed E-state index contributed by atoms with van der Waals surface area (Å²) in [6.07, 6.45) is 3.75. The summed E-state index contributed by atoms with van der Waals surface area (Å²) in [5.41, 5.74) is 7.50. The molecule has 0 fully saturated rings. The summed E-state index contributed by atoms with van der Waals surface area (Å²) in [5.74, 6) is 0.654. The zero-order valence-electron chi connectivity index (χ0n) is 11.4. The van der Waals surface area contributed by atoms with Gasteiger partial charge in [0.2, 0.25) is 0 Å². The average molecular weight is 296 g/mol. The SMILES string of the molecule is COCCOc1ccc(-c2cnn(CCN)c2)cc1Cl. The molecule has 2 rings (SSSR count). The zero-order chi connectivity index (χ0) is 14.4. The third-order valence-electron chi connectivity index (χ3n) is 2.80. The van der Waals surface area contributed by atoms with Gasteiger partial charge in [-0.2, -0.15) is 5.10 Å². The molecule has 2 N–H and O–H groups in total. The number of halogens is 1. The molecule has 108 valence electrons. The first-order valence-electron chi connectivity index (χ1n) is 6.38. The fraction of sp³-hybridized carbons (Fsp3) is 0.357. The molecule has 0 unspecified atom stereocenters. The molecule has 20 heavy (non-hydrogen) atoms. The molecule has 0 amide bonds. The fourth-order valence-electron chi connectivity index (χ4n) is 1.80. The number of hydrogen-bond acceptors (Lipinski definition) is 4. The monoisotopic (exact) mass is 295 g/mol. The van der Waals surface area contributed by atoms with E-state index in [-0.39, 0.29) is 0 Å². The lowest BCUT2D eigenvalue weighted by molar-refractivity contribution is 0.146. The molecule has 0 aliphatic rings. The molecule has 1 aromatic heterocycles. The summed E-state index contributed by atoms with van der Waals surface area (Å²) in [4.78, 5) is 0. The molecule has 0 aliphatic carbocycles. The Balaban J connectivity index is 2.10. The van der Waals surface area contributed by atoms with E-state index in [1.54, 1.807) is 13.3 Å². The molecule has 2 aromatic rings. The average Bonchev–Trinajstić information content (AvgIpc) is 2.90. The van der Waals surface area contributed by atoms with Crippen LogP contribution in [0.2, 0.25) is 5.02 Å². The first-order chi connectivity index (χ1) is 9.74. The Hall–Kier alpha value is -1.56. The highest BCUT2D eigenvalue weighted by Gasteiger charge is 2.06. The summed E-state index contributed by atoms with van der Waals surface area (Å²) < 4.78 is 12.3. The van der Waals surface area contributed by atoms with E-state index in [1.165, 1.54) is 0 Å². The molecular formula is C14H18ClN3O2. The van der Waals surface area contributed by atoms with Crippen LogP contribution in [-0.2, 0) is 11.3 Å². The molecule has 0 atom stereocenters. The van der Waals surface area contributed by atoms with Crippen molar-refractivity contribution in [2.24, 2.45) is 5.73 Å². The van der Waals surface area contributed by atoms with Crippen LogP contribution in [0.15, 0.2) is 30.6 Å². The molecule has 0 aliphatic heterocycles. The third-order valence-corrected chi connectivity index (χ3v) is 3.10. The molecule has 0 saturated carbocycles. The maximum absolute atomic E-state index is 6.21. The molecule has 0 bridgehead atoms. The second kappa shape index (κ2) is 7.28. The van der Waals surface area contributed by atoms with Crippen molar-refractivity contribution in [1.29, 1.82) is 0 Å². The van der Waals surface area contributed by atoms with Crippen LogP contribution in [0, 0.1) is 0 Å². The molecule has 5 nitrogen and oxygen atoms in total. The van der Waals surface area contributed by atoms with Crippen LogP contribution in [0.1, 0.15) is 0 Å². The molecular weight excluding hydrogens is 278 g/mol. The van der Waals surface area contributed by atoms with Gasteiger partial charge in [-0.15, -0.1) is 0 Å². The van der Waals surface area contributed by atoms with Crippen LogP contribution in [0.4, 0.5) is 0 Å². The van der Waals surface area contributed by atoms with Gasteiger partial charge in [-0.3, -0.25) is 4.68 Å². The van der Waals surface area contributed by atoms with E-state index in [1.807, 2.05) is 29.1 Å². The predicted molar refractivity (Wildman–Crippen MR) is 79.1 cm³/mol. The maximum atomic E-state index is 6.21. The number of rotatable bonds is 7. The molecule has 6 heteroatoms. The minimum absolute atomic E-state index is 0.476. The molecule has 1 heterocycles. The highest BCUT2D eigenvalue weighted by Crippen LogP contribution is 2.30. The van der Waals surface area contributed by atoms with Gasteiger partial charge in [0.1, 0.15) is 12.4 Å². The second-order valence-corrected chi connectivity index (χ2v) is 4.67. The van der Waals surface area contributed by atoms with Gasteiger partial charge in [0, 0.05) is 25.4 Å². The van der Waals surface area contributed by atoms with Crippen molar-refractivity contribution in [3.8, 4) is 16.9 Å². The first-order valence-corrected chi connectivity index (χ1v) is 6.76. The van der Waals surface area contributed by atoms with E-state index in [0.717, 1.165) is 11.1 Å². The Morgan fingerprint density at radius 1 is 1.30 bits per heavy atom. The minimum Gasteiger partial charge on any atom is -0.490 e. The molecule has 0 saturated heterocycles. The third kappa shape index (κ3) is 3.72. The Kier molecular flexibility index (Phi) is 5.40. The quantitative estimate of drug-likeness (QED) is 0.795. The van der Waals surface area contributed by atoms with E-state index in [2.05, 4.69) is 5.10 Å².